The summed E-state index contributed by atoms with van der Waals surface area (Å²) in [7, 11) is 0. The predicted octanol–water partition coefficient (Wildman–Crippen LogP) is 2.59. The van der Waals surface area contributed by atoms with Crippen molar-refractivity contribution in [2.75, 3.05) is 13.1 Å². The number of rotatable bonds is 6. The zero-order valence-corrected chi connectivity index (χ0v) is 9.69. The summed E-state index contributed by atoms with van der Waals surface area (Å²) in [4.78, 5) is 0. The van der Waals surface area contributed by atoms with Gasteiger partial charge in [-0.1, -0.05) is 13.8 Å². The Balaban J connectivity index is 3.69. The second-order valence-corrected chi connectivity index (χ2v) is 4.18. The molecule has 0 amide bonds. The van der Waals surface area contributed by atoms with Crippen LogP contribution >= 0.6 is 0 Å². The van der Waals surface area contributed by atoms with E-state index in [1.807, 2.05) is 13.8 Å². The molecule has 0 saturated carbocycles. The lowest BCUT2D eigenvalue weighted by atomic mass is 10.2. The molecule has 0 aliphatic heterocycles. The molecular formula is C10H20F3NO. The van der Waals surface area contributed by atoms with E-state index in [0.29, 0.717) is 12.5 Å². The van der Waals surface area contributed by atoms with Crippen molar-refractivity contribution in [2.24, 2.45) is 5.92 Å². The fraction of sp³-hybridized carbons (Fsp3) is 1.00. The van der Waals surface area contributed by atoms with E-state index in [9.17, 15) is 13.2 Å². The van der Waals surface area contributed by atoms with Crippen molar-refractivity contribution in [3.8, 4) is 0 Å². The van der Waals surface area contributed by atoms with E-state index < -0.39 is 18.4 Å². The first-order chi connectivity index (χ1) is 6.73. The third-order valence-corrected chi connectivity index (χ3v) is 1.88. The third-order valence-electron chi connectivity index (χ3n) is 1.88. The van der Waals surface area contributed by atoms with Gasteiger partial charge in [-0.15, -0.1) is 0 Å². The summed E-state index contributed by atoms with van der Waals surface area (Å²) in [6, 6.07) is 0. The molecule has 0 radical (unpaired) electrons. The fourth-order valence-corrected chi connectivity index (χ4v) is 1.05. The molecule has 0 fully saturated rings. The molecule has 2 nitrogen and oxygen atoms in total. The number of halogens is 3. The van der Waals surface area contributed by atoms with Crippen LogP contribution < -0.4 is 5.32 Å². The average Bonchev–Trinajstić information content (AvgIpc) is 2.01. The quantitative estimate of drug-likeness (QED) is 0.753. The summed E-state index contributed by atoms with van der Waals surface area (Å²) >= 11 is 0. The number of hydrogen-bond donors (Lipinski definition) is 1. The molecule has 92 valence electrons. The Morgan fingerprint density at radius 3 is 2.00 bits per heavy atom. The van der Waals surface area contributed by atoms with E-state index in [4.69, 9.17) is 4.74 Å². The highest BCUT2D eigenvalue weighted by Gasteiger charge is 2.37. The summed E-state index contributed by atoms with van der Waals surface area (Å²) in [6.45, 7) is 7.97. The van der Waals surface area contributed by atoms with Crippen molar-refractivity contribution < 1.29 is 17.9 Å². The van der Waals surface area contributed by atoms with Crippen LogP contribution in [0, 0.1) is 5.92 Å². The predicted molar refractivity (Wildman–Crippen MR) is 53.8 cm³/mol. The highest BCUT2D eigenvalue weighted by molar-refractivity contribution is 4.65. The second kappa shape index (κ2) is 6.33. The first kappa shape index (κ1) is 14.7. The minimum atomic E-state index is -4.27. The summed E-state index contributed by atoms with van der Waals surface area (Å²) < 4.78 is 41.2. The average molecular weight is 227 g/mol. The van der Waals surface area contributed by atoms with Crippen molar-refractivity contribution >= 4 is 0 Å². The first-order valence-corrected chi connectivity index (χ1v) is 5.16. The standard InChI is InChI=1S/C10H20F3NO/c1-7(2)5-14-6-8(3)15-9(4)10(11,12)13/h7-9,14H,5-6H2,1-4H3. The Labute approximate surface area is 89.2 Å². The topological polar surface area (TPSA) is 21.3 Å². The zero-order valence-electron chi connectivity index (χ0n) is 9.69. The van der Waals surface area contributed by atoms with Gasteiger partial charge in [-0.05, 0) is 26.3 Å². The van der Waals surface area contributed by atoms with Gasteiger partial charge in [0.05, 0.1) is 6.10 Å². The molecule has 15 heavy (non-hydrogen) atoms. The molecular weight excluding hydrogens is 207 g/mol. The lowest BCUT2D eigenvalue weighted by molar-refractivity contribution is -0.224. The number of nitrogens with one attached hydrogen (secondary N) is 1. The van der Waals surface area contributed by atoms with Crippen LogP contribution in [0.2, 0.25) is 0 Å². The van der Waals surface area contributed by atoms with Crippen molar-refractivity contribution in [2.45, 2.75) is 46.1 Å². The van der Waals surface area contributed by atoms with Gasteiger partial charge in [0.25, 0.3) is 0 Å². The van der Waals surface area contributed by atoms with Crippen LogP contribution in [0.25, 0.3) is 0 Å². The van der Waals surface area contributed by atoms with Crippen LogP contribution in [0.4, 0.5) is 13.2 Å². The van der Waals surface area contributed by atoms with E-state index >= 15 is 0 Å². The number of ether oxygens (including phenoxy) is 1. The van der Waals surface area contributed by atoms with E-state index in [-0.39, 0.29) is 0 Å². The third kappa shape index (κ3) is 7.62. The van der Waals surface area contributed by atoms with Crippen molar-refractivity contribution in [3.63, 3.8) is 0 Å². The molecule has 0 aliphatic rings. The molecule has 0 rings (SSSR count). The fourth-order valence-electron chi connectivity index (χ4n) is 1.05. The molecule has 1 N–H and O–H groups in total. The Kier molecular flexibility index (Phi) is 6.20. The van der Waals surface area contributed by atoms with Gasteiger partial charge in [0.1, 0.15) is 0 Å². The maximum atomic E-state index is 12.1. The van der Waals surface area contributed by atoms with Crippen LogP contribution in [-0.4, -0.2) is 31.5 Å². The monoisotopic (exact) mass is 227 g/mol. The lowest BCUT2D eigenvalue weighted by Gasteiger charge is -2.21. The van der Waals surface area contributed by atoms with Gasteiger partial charge in [0.15, 0.2) is 6.10 Å². The highest BCUT2D eigenvalue weighted by atomic mass is 19.4. The molecule has 2 unspecified atom stereocenters. The first-order valence-electron chi connectivity index (χ1n) is 5.16. The van der Waals surface area contributed by atoms with Crippen molar-refractivity contribution in [1.29, 1.82) is 0 Å². The van der Waals surface area contributed by atoms with Gasteiger partial charge in [-0.25, -0.2) is 0 Å². The molecule has 2 atom stereocenters. The van der Waals surface area contributed by atoms with Crippen LogP contribution in [0.1, 0.15) is 27.7 Å². The van der Waals surface area contributed by atoms with Gasteiger partial charge in [0, 0.05) is 6.54 Å². The van der Waals surface area contributed by atoms with Gasteiger partial charge in [0.2, 0.25) is 0 Å². The van der Waals surface area contributed by atoms with Gasteiger partial charge >= 0.3 is 6.18 Å². The summed E-state index contributed by atoms with van der Waals surface area (Å²) in [5, 5.41) is 3.05. The Hall–Kier alpha value is -0.290. The largest absolute Gasteiger partial charge is 0.414 e. The lowest BCUT2D eigenvalue weighted by Crippen LogP contribution is -2.36. The Morgan fingerprint density at radius 1 is 1.07 bits per heavy atom. The summed E-state index contributed by atoms with van der Waals surface area (Å²) in [5.41, 5.74) is 0. The minimum Gasteiger partial charge on any atom is -0.365 e. The molecule has 0 heterocycles. The molecule has 5 heteroatoms. The zero-order chi connectivity index (χ0) is 12.1. The van der Waals surface area contributed by atoms with Crippen molar-refractivity contribution in [1.82, 2.24) is 5.32 Å². The number of hydrogen-bond acceptors (Lipinski definition) is 2. The van der Waals surface area contributed by atoms with Gasteiger partial charge in [-0.3, -0.25) is 0 Å². The normalized spacial score (nSPS) is 16.8. The molecule has 0 aromatic rings. The van der Waals surface area contributed by atoms with E-state index in [1.165, 1.54) is 0 Å². The van der Waals surface area contributed by atoms with Gasteiger partial charge in [-0.2, -0.15) is 13.2 Å². The molecule has 0 spiro atoms. The SMILES string of the molecule is CC(C)CNCC(C)OC(C)C(F)(F)F. The summed E-state index contributed by atoms with van der Waals surface area (Å²) in [6.07, 6.45) is -6.40. The van der Waals surface area contributed by atoms with Crippen LogP contribution in [0.15, 0.2) is 0 Å². The Bertz CT molecular complexity index is 171. The van der Waals surface area contributed by atoms with Crippen LogP contribution in [-0.2, 0) is 4.74 Å². The number of alkyl halides is 3. The van der Waals surface area contributed by atoms with Crippen LogP contribution in [0.5, 0.6) is 0 Å². The van der Waals surface area contributed by atoms with Gasteiger partial charge < -0.3 is 10.1 Å². The van der Waals surface area contributed by atoms with Crippen molar-refractivity contribution in [3.05, 3.63) is 0 Å². The van der Waals surface area contributed by atoms with E-state index in [0.717, 1.165) is 13.5 Å². The minimum absolute atomic E-state index is 0.430. The van der Waals surface area contributed by atoms with E-state index in [2.05, 4.69) is 5.32 Å². The van der Waals surface area contributed by atoms with Crippen LogP contribution in [0.3, 0.4) is 0 Å². The summed E-state index contributed by atoms with van der Waals surface area (Å²) in [5.74, 6) is 0.484. The Morgan fingerprint density at radius 2 is 1.60 bits per heavy atom. The van der Waals surface area contributed by atoms with E-state index in [1.54, 1.807) is 6.92 Å². The molecule has 0 aliphatic carbocycles. The molecule has 0 aromatic heterocycles. The molecule has 0 bridgehead atoms. The molecule has 0 saturated heterocycles. The maximum absolute atomic E-state index is 12.1. The smallest absolute Gasteiger partial charge is 0.365 e. The highest BCUT2D eigenvalue weighted by Crippen LogP contribution is 2.23. The second-order valence-electron chi connectivity index (χ2n) is 4.18. The maximum Gasteiger partial charge on any atom is 0.414 e. The molecule has 0 aromatic carbocycles.